The van der Waals surface area contributed by atoms with Gasteiger partial charge in [-0.25, -0.2) is 0 Å². The molecule has 0 radical (unpaired) electrons. The molecule has 1 aliphatic heterocycles. The van der Waals surface area contributed by atoms with E-state index in [2.05, 4.69) is 18.8 Å². The Bertz CT molecular complexity index is 709. The monoisotopic (exact) mass is 388 g/mol. The maximum absolute atomic E-state index is 12.1. The summed E-state index contributed by atoms with van der Waals surface area (Å²) in [6.07, 6.45) is 7.12. The molecule has 1 fully saturated rings. The molecule has 0 aromatic carbocycles. The Morgan fingerprint density at radius 3 is 2.39 bits per heavy atom. The van der Waals surface area contributed by atoms with E-state index >= 15 is 0 Å². The van der Waals surface area contributed by atoms with Gasteiger partial charge in [0.1, 0.15) is 0 Å². The third-order valence-corrected chi connectivity index (χ3v) is 6.00. The van der Waals surface area contributed by atoms with Crippen LogP contribution in [0.3, 0.4) is 0 Å². The SMILES string of the molecule is CCCCC(=O)/C=C(\C#CC1(O)C(C)=CC2(CC1(C)C)OC(C)C(C)O2)CC. The Kier molecular flexibility index (Phi) is 6.97. The maximum Gasteiger partial charge on any atom is 0.189 e. The molecule has 1 spiro atoms. The summed E-state index contributed by atoms with van der Waals surface area (Å²) in [6.45, 7) is 13.9. The van der Waals surface area contributed by atoms with Crippen molar-refractivity contribution in [2.75, 3.05) is 0 Å². The highest BCUT2D eigenvalue weighted by Gasteiger charge is 2.56. The second-order valence-corrected chi connectivity index (χ2v) is 8.90. The van der Waals surface area contributed by atoms with Gasteiger partial charge in [0.15, 0.2) is 17.2 Å². The van der Waals surface area contributed by atoms with Crippen molar-refractivity contribution in [2.45, 2.75) is 104 Å². The fraction of sp³-hybridized carbons (Fsp3) is 0.708. The molecule has 3 atom stereocenters. The average Bonchev–Trinajstić information content (AvgIpc) is 2.87. The lowest BCUT2D eigenvalue weighted by Crippen LogP contribution is -2.53. The first-order chi connectivity index (χ1) is 13.0. The lowest BCUT2D eigenvalue weighted by Gasteiger charge is -2.48. The normalized spacial score (nSPS) is 34.7. The summed E-state index contributed by atoms with van der Waals surface area (Å²) < 4.78 is 12.2. The summed E-state index contributed by atoms with van der Waals surface area (Å²) in [6, 6.07) is 0. The molecule has 4 nitrogen and oxygen atoms in total. The van der Waals surface area contributed by atoms with Gasteiger partial charge in [-0.15, -0.1) is 0 Å². The van der Waals surface area contributed by atoms with E-state index < -0.39 is 16.8 Å². The smallest absolute Gasteiger partial charge is 0.189 e. The van der Waals surface area contributed by atoms with Crippen LogP contribution in [0.25, 0.3) is 0 Å². The number of hydrogen-bond acceptors (Lipinski definition) is 4. The average molecular weight is 389 g/mol. The molecule has 0 aromatic heterocycles. The minimum absolute atomic E-state index is 0.000822. The zero-order chi connectivity index (χ0) is 21.2. The molecule has 1 saturated heterocycles. The molecule has 0 amide bonds. The fourth-order valence-electron chi connectivity index (χ4n) is 4.05. The van der Waals surface area contributed by atoms with Crippen molar-refractivity contribution in [3.05, 3.63) is 23.3 Å². The van der Waals surface area contributed by atoms with Crippen LogP contribution in [0.1, 0.15) is 80.6 Å². The molecule has 0 saturated carbocycles. The summed E-state index contributed by atoms with van der Waals surface area (Å²) in [4.78, 5) is 12.1. The van der Waals surface area contributed by atoms with Crippen molar-refractivity contribution in [1.82, 2.24) is 0 Å². The molecule has 4 heteroatoms. The van der Waals surface area contributed by atoms with Crippen molar-refractivity contribution < 1.29 is 19.4 Å². The summed E-state index contributed by atoms with van der Waals surface area (Å²) in [7, 11) is 0. The van der Waals surface area contributed by atoms with E-state index in [1.54, 1.807) is 6.08 Å². The highest BCUT2D eigenvalue weighted by molar-refractivity contribution is 5.91. The molecule has 3 unspecified atom stereocenters. The van der Waals surface area contributed by atoms with Crippen LogP contribution in [0, 0.1) is 17.3 Å². The van der Waals surface area contributed by atoms with Gasteiger partial charge in [0.25, 0.3) is 0 Å². The van der Waals surface area contributed by atoms with Crippen LogP contribution in [0.5, 0.6) is 0 Å². The summed E-state index contributed by atoms with van der Waals surface area (Å²) >= 11 is 0. The van der Waals surface area contributed by atoms with Gasteiger partial charge >= 0.3 is 0 Å². The molecule has 1 heterocycles. The predicted octanol–water partition coefficient (Wildman–Crippen LogP) is 4.71. The van der Waals surface area contributed by atoms with Gasteiger partial charge in [-0.2, -0.15) is 0 Å². The van der Waals surface area contributed by atoms with E-state index in [0.717, 1.165) is 24.0 Å². The number of carbonyl (C=O) groups is 1. The molecule has 1 N–H and O–H groups in total. The predicted molar refractivity (Wildman–Crippen MR) is 112 cm³/mol. The van der Waals surface area contributed by atoms with E-state index in [1.165, 1.54) is 0 Å². The third kappa shape index (κ3) is 4.59. The summed E-state index contributed by atoms with van der Waals surface area (Å²) in [5.74, 6) is 5.47. The van der Waals surface area contributed by atoms with E-state index in [-0.39, 0.29) is 18.0 Å². The Balaban J connectivity index is 2.33. The molecule has 2 aliphatic rings. The number of ketones is 1. The molecular weight excluding hydrogens is 352 g/mol. The first-order valence-corrected chi connectivity index (χ1v) is 10.5. The van der Waals surface area contributed by atoms with Crippen LogP contribution in [-0.2, 0) is 14.3 Å². The summed E-state index contributed by atoms with van der Waals surface area (Å²) in [5, 5.41) is 11.5. The largest absolute Gasteiger partial charge is 0.373 e. The molecular formula is C24H36O4. The third-order valence-electron chi connectivity index (χ3n) is 6.00. The highest BCUT2D eigenvalue weighted by atomic mass is 16.8. The Hall–Kier alpha value is -1.41. The van der Waals surface area contributed by atoms with Gasteiger partial charge in [0, 0.05) is 23.8 Å². The first-order valence-electron chi connectivity index (χ1n) is 10.5. The Labute approximate surface area is 170 Å². The number of allylic oxidation sites excluding steroid dienone is 2. The molecule has 156 valence electrons. The Morgan fingerprint density at radius 2 is 1.89 bits per heavy atom. The topological polar surface area (TPSA) is 55.8 Å². The molecule has 1 aliphatic carbocycles. The van der Waals surface area contributed by atoms with Crippen LogP contribution in [0.2, 0.25) is 0 Å². The maximum atomic E-state index is 12.1. The van der Waals surface area contributed by atoms with E-state index in [0.29, 0.717) is 19.3 Å². The zero-order valence-corrected chi connectivity index (χ0v) is 18.5. The second-order valence-electron chi connectivity index (χ2n) is 8.90. The molecule has 0 aromatic rings. The van der Waals surface area contributed by atoms with Gasteiger partial charge in [-0.05, 0) is 51.3 Å². The number of hydrogen-bond donors (Lipinski definition) is 1. The number of unbranched alkanes of at least 4 members (excludes halogenated alkanes) is 1. The molecule has 28 heavy (non-hydrogen) atoms. The lowest BCUT2D eigenvalue weighted by molar-refractivity contribution is -0.182. The van der Waals surface area contributed by atoms with Crippen molar-refractivity contribution in [1.29, 1.82) is 0 Å². The standard InChI is InChI=1S/C24H36O4/c1-8-10-11-21(25)14-20(9-2)12-13-24(26)17(3)15-23(16-22(24,6)7)27-18(4)19(5)28-23/h14-15,18-19,26H,8-11,16H2,1-7H3/b20-14-. The van der Waals surface area contributed by atoms with E-state index in [9.17, 15) is 9.90 Å². The minimum atomic E-state index is -1.30. The van der Waals surface area contributed by atoms with E-state index in [1.807, 2.05) is 47.6 Å². The lowest BCUT2D eigenvalue weighted by atomic mass is 9.63. The van der Waals surface area contributed by atoms with Crippen molar-refractivity contribution in [3.63, 3.8) is 0 Å². The zero-order valence-electron chi connectivity index (χ0n) is 18.5. The van der Waals surface area contributed by atoms with Crippen LogP contribution in [0.4, 0.5) is 0 Å². The fourth-order valence-corrected chi connectivity index (χ4v) is 4.05. The second kappa shape index (κ2) is 8.53. The van der Waals surface area contributed by atoms with Gasteiger partial charge in [0.2, 0.25) is 0 Å². The first kappa shape index (κ1) is 22.9. The van der Waals surface area contributed by atoms with Crippen molar-refractivity contribution in [2.24, 2.45) is 5.41 Å². The Morgan fingerprint density at radius 1 is 1.29 bits per heavy atom. The van der Waals surface area contributed by atoms with E-state index in [4.69, 9.17) is 9.47 Å². The van der Waals surface area contributed by atoms with Crippen molar-refractivity contribution in [3.8, 4) is 11.8 Å². The minimum Gasteiger partial charge on any atom is -0.373 e. The van der Waals surface area contributed by atoms with Crippen molar-refractivity contribution >= 4 is 5.78 Å². The van der Waals surface area contributed by atoms with Gasteiger partial charge in [-0.3, -0.25) is 4.79 Å². The number of carbonyl (C=O) groups excluding carboxylic acids is 1. The highest BCUT2D eigenvalue weighted by Crippen LogP contribution is 2.51. The van der Waals surface area contributed by atoms with Crippen LogP contribution in [-0.4, -0.2) is 34.5 Å². The quantitative estimate of drug-likeness (QED) is 0.421. The van der Waals surface area contributed by atoms with Gasteiger partial charge < -0.3 is 14.6 Å². The number of aliphatic hydroxyl groups is 1. The van der Waals surface area contributed by atoms with Gasteiger partial charge in [-0.1, -0.05) is 46.0 Å². The molecule has 2 rings (SSSR count). The molecule has 0 bridgehead atoms. The van der Waals surface area contributed by atoms with Crippen LogP contribution >= 0.6 is 0 Å². The van der Waals surface area contributed by atoms with Crippen LogP contribution < -0.4 is 0 Å². The van der Waals surface area contributed by atoms with Crippen LogP contribution in [0.15, 0.2) is 23.3 Å². The number of ether oxygens (including phenoxy) is 2. The number of rotatable bonds is 5. The summed E-state index contributed by atoms with van der Waals surface area (Å²) in [5.41, 5.74) is -0.395. The van der Waals surface area contributed by atoms with Gasteiger partial charge in [0.05, 0.1) is 12.2 Å².